The van der Waals surface area contributed by atoms with E-state index in [9.17, 15) is 14.4 Å². The molecule has 3 N–H and O–H groups in total. The van der Waals surface area contributed by atoms with Gasteiger partial charge in [0.05, 0.1) is 6.54 Å². The van der Waals surface area contributed by atoms with Crippen LogP contribution in [0.2, 0.25) is 0 Å². The van der Waals surface area contributed by atoms with Gasteiger partial charge >= 0.3 is 0 Å². The van der Waals surface area contributed by atoms with Crippen molar-refractivity contribution in [2.45, 2.75) is 37.8 Å². The minimum atomic E-state index is -0.751. The van der Waals surface area contributed by atoms with Gasteiger partial charge in [0.15, 0.2) is 0 Å². The first-order valence-corrected chi connectivity index (χ1v) is 10.5. The molecule has 2 aliphatic rings. The van der Waals surface area contributed by atoms with Crippen LogP contribution in [0.5, 0.6) is 0 Å². The van der Waals surface area contributed by atoms with E-state index in [0.717, 1.165) is 28.8 Å². The van der Waals surface area contributed by atoms with Crippen LogP contribution in [-0.4, -0.2) is 48.8 Å². The van der Waals surface area contributed by atoms with Gasteiger partial charge in [0.2, 0.25) is 17.7 Å². The van der Waals surface area contributed by atoms with Crippen molar-refractivity contribution in [1.82, 2.24) is 15.5 Å². The molecular formula is C24H28N4O3. The molecule has 1 unspecified atom stereocenters. The van der Waals surface area contributed by atoms with E-state index in [1.165, 1.54) is 0 Å². The number of hydrogen-bond donors (Lipinski definition) is 3. The van der Waals surface area contributed by atoms with Crippen molar-refractivity contribution in [3.63, 3.8) is 0 Å². The van der Waals surface area contributed by atoms with E-state index in [4.69, 9.17) is 0 Å². The predicted molar refractivity (Wildman–Crippen MR) is 119 cm³/mol. The van der Waals surface area contributed by atoms with Crippen LogP contribution < -0.4 is 16.0 Å². The molecule has 31 heavy (non-hydrogen) atoms. The summed E-state index contributed by atoms with van der Waals surface area (Å²) in [5, 5.41) is 8.80. The molecule has 0 saturated heterocycles. The molecule has 0 fully saturated rings. The van der Waals surface area contributed by atoms with Crippen molar-refractivity contribution in [3.05, 3.63) is 65.2 Å². The van der Waals surface area contributed by atoms with E-state index in [1.54, 1.807) is 11.9 Å². The number of amides is 3. The van der Waals surface area contributed by atoms with E-state index >= 15 is 0 Å². The van der Waals surface area contributed by atoms with Crippen LogP contribution >= 0.6 is 0 Å². The predicted octanol–water partition coefficient (Wildman–Crippen LogP) is 1.75. The Labute approximate surface area is 182 Å². The van der Waals surface area contributed by atoms with Gasteiger partial charge in [-0.2, -0.15) is 0 Å². The molecule has 2 aliphatic heterocycles. The van der Waals surface area contributed by atoms with Gasteiger partial charge in [-0.05, 0) is 29.2 Å². The van der Waals surface area contributed by atoms with Crippen molar-refractivity contribution in [2.24, 2.45) is 0 Å². The summed E-state index contributed by atoms with van der Waals surface area (Å²) in [6.45, 7) is 4.42. The van der Waals surface area contributed by atoms with Crippen LogP contribution in [0.25, 0.3) is 0 Å². The maximum absolute atomic E-state index is 12.9. The van der Waals surface area contributed by atoms with Gasteiger partial charge in [-0.3, -0.25) is 14.4 Å². The average molecular weight is 421 g/mol. The number of fused-ring (bicyclic) bond motifs is 2. The first kappa shape index (κ1) is 20.9. The Hall–Kier alpha value is -3.35. The Morgan fingerprint density at radius 2 is 1.84 bits per heavy atom. The minimum absolute atomic E-state index is 0.154. The molecule has 4 rings (SSSR count). The lowest BCUT2D eigenvalue weighted by Crippen LogP contribution is -2.50. The molecule has 2 aromatic rings. The van der Waals surface area contributed by atoms with Gasteiger partial charge in [0.1, 0.15) is 12.1 Å². The molecule has 0 bridgehead atoms. The third-order valence-electron chi connectivity index (χ3n) is 6.34. The van der Waals surface area contributed by atoms with E-state index in [1.807, 2.05) is 62.4 Å². The Morgan fingerprint density at radius 1 is 1.13 bits per heavy atom. The summed E-state index contributed by atoms with van der Waals surface area (Å²) in [7, 11) is 1.74. The van der Waals surface area contributed by atoms with Crippen LogP contribution in [0.4, 0.5) is 5.69 Å². The second-order valence-corrected chi connectivity index (χ2v) is 8.77. The average Bonchev–Trinajstić information content (AvgIpc) is 2.98. The SMILES string of the molecule is CN1CCc2ccccc2C(NC(=O)CNC(=O)[C@H]2Nc3ccccc3C2(C)C)C1=O. The van der Waals surface area contributed by atoms with Gasteiger partial charge < -0.3 is 20.9 Å². The van der Waals surface area contributed by atoms with Gasteiger partial charge in [0.25, 0.3) is 0 Å². The van der Waals surface area contributed by atoms with Gasteiger partial charge in [-0.1, -0.05) is 56.3 Å². The summed E-state index contributed by atoms with van der Waals surface area (Å²) in [6.07, 6.45) is 0.741. The molecule has 7 heteroatoms. The number of para-hydroxylation sites is 1. The summed E-state index contributed by atoms with van der Waals surface area (Å²) in [5.41, 5.74) is 3.45. The zero-order chi connectivity index (χ0) is 22.2. The van der Waals surface area contributed by atoms with Crippen molar-refractivity contribution < 1.29 is 14.4 Å². The number of likely N-dealkylation sites (N-methyl/N-ethyl adjacent to an activating group) is 1. The molecule has 2 heterocycles. The Morgan fingerprint density at radius 3 is 2.61 bits per heavy atom. The maximum atomic E-state index is 12.9. The standard InChI is InChI=1S/C24H28N4O3/c1-24(2)17-10-6-7-11-18(17)26-21(24)22(30)25-14-19(29)27-20-16-9-5-4-8-15(16)12-13-28(3)23(20)31/h4-11,20-21,26H,12-14H2,1-3H3,(H,25,30)(H,27,29)/t20?,21-/m1/s1. The Bertz CT molecular complexity index is 1030. The molecule has 2 aromatic carbocycles. The first-order valence-electron chi connectivity index (χ1n) is 10.5. The zero-order valence-electron chi connectivity index (χ0n) is 18.1. The number of carbonyl (C=O) groups is 3. The molecule has 2 atom stereocenters. The van der Waals surface area contributed by atoms with Gasteiger partial charge in [-0.25, -0.2) is 0 Å². The zero-order valence-corrected chi connectivity index (χ0v) is 18.1. The molecule has 0 spiro atoms. The normalized spacial score (nSPS) is 21.4. The largest absolute Gasteiger partial charge is 0.373 e. The number of anilines is 1. The lowest BCUT2D eigenvalue weighted by Gasteiger charge is -2.27. The summed E-state index contributed by atoms with van der Waals surface area (Å²) in [4.78, 5) is 40.0. The van der Waals surface area contributed by atoms with Gasteiger partial charge in [0, 0.05) is 24.7 Å². The van der Waals surface area contributed by atoms with E-state index in [2.05, 4.69) is 16.0 Å². The molecular weight excluding hydrogens is 392 g/mol. The highest BCUT2D eigenvalue weighted by atomic mass is 16.2. The summed E-state index contributed by atoms with van der Waals surface area (Å²) >= 11 is 0. The van der Waals surface area contributed by atoms with E-state index < -0.39 is 23.4 Å². The van der Waals surface area contributed by atoms with E-state index in [0.29, 0.717) is 6.54 Å². The molecule has 3 amide bonds. The quantitative estimate of drug-likeness (QED) is 0.703. The summed E-state index contributed by atoms with van der Waals surface area (Å²) < 4.78 is 0. The number of benzene rings is 2. The molecule has 0 radical (unpaired) electrons. The Balaban J connectivity index is 1.42. The molecule has 0 saturated carbocycles. The van der Waals surface area contributed by atoms with Crippen molar-refractivity contribution in [1.29, 1.82) is 0 Å². The molecule has 7 nitrogen and oxygen atoms in total. The third-order valence-corrected chi connectivity index (χ3v) is 6.34. The second kappa shape index (κ2) is 8.06. The number of nitrogens with zero attached hydrogens (tertiary/aromatic N) is 1. The monoisotopic (exact) mass is 420 g/mol. The molecule has 0 aromatic heterocycles. The topological polar surface area (TPSA) is 90.5 Å². The van der Waals surface area contributed by atoms with Crippen LogP contribution in [0.1, 0.15) is 36.6 Å². The number of hydrogen-bond acceptors (Lipinski definition) is 4. The van der Waals surface area contributed by atoms with Crippen LogP contribution in [-0.2, 0) is 26.2 Å². The van der Waals surface area contributed by atoms with Crippen molar-refractivity contribution in [2.75, 3.05) is 25.5 Å². The lowest BCUT2D eigenvalue weighted by molar-refractivity contribution is -0.135. The fourth-order valence-electron chi connectivity index (χ4n) is 4.47. The number of rotatable bonds is 4. The van der Waals surface area contributed by atoms with Crippen molar-refractivity contribution in [3.8, 4) is 0 Å². The highest BCUT2D eigenvalue weighted by Crippen LogP contribution is 2.40. The van der Waals surface area contributed by atoms with Crippen LogP contribution in [0.15, 0.2) is 48.5 Å². The van der Waals surface area contributed by atoms with Gasteiger partial charge in [-0.15, -0.1) is 0 Å². The van der Waals surface area contributed by atoms with Crippen molar-refractivity contribution >= 4 is 23.4 Å². The number of nitrogens with one attached hydrogen (secondary N) is 3. The van der Waals surface area contributed by atoms with Crippen LogP contribution in [0.3, 0.4) is 0 Å². The molecule has 0 aliphatic carbocycles. The Kier molecular flexibility index (Phi) is 5.43. The highest BCUT2D eigenvalue weighted by molar-refractivity contribution is 5.94. The third kappa shape index (κ3) is 3.87. The lowest BCUT2D eigenvalue weighted by atomic mass is 9.80. The fraction of sp³-hybridized carbons (Fsp3) is 0.375. The maximum Gasteiger partial charge on any atom is 0.249 e. The van der Waals surface area contributed by atoms with Crippen LogP contribution in [0, 0.1) is 0 Å². The molecule has 162 valence electrons. The minimum Gasteiger partial charge on any atom is -0.373 e. The number of carbonyl (C=O) groups excluding carboxylic acids is 3. The first-order chi connectivity index (χ1) is 14.8. The summed E-state index contributed by atoms with van der Waals surface area (Å²) in [6, 6.07) is 14.3. The summed E-state index contributed by atoms with van der Waals surface area (Å²) in [5.74, 6) is -0.801. The smallest absolute Gasteiger partial charge is 0.249 e. The second-order valence-electron chi connectivity index (χ2n) is 8.77. The fourth-order valence-corrected chi connectivity index (χ4v) is 4.47. The highest BCUT2D eigenvalue weighted by Gasteiger charge is 2.43. The van der Waals surface area contributed by atoms with E-state index in [-0.39, 0.29) is 18.4 Å².